The van der Waals surface area contributed by atoms with Crippen molar-refractivity contribution in [3.63, 3.8) is 0 Å². The molecule has 0 heterocycles. The number of unbranched alkanes of at least 4 members (excludes halogenated alkanes) is 12. The molecule has 0 rings (SSSR count). The molecule has 0 aromatic heterocycles. The summed E-state index contributed by atoms with van der Waals surface area (Å²) in [5, 5.41) is 11.6. The molecule has 0 amide bonds. The van der Waals surface area contributed by atoms with Crippen LogP contribution >= 0.6 is 0 Å². The van der Waals surface area contributed by atoms with Gasteiger partial charge in [-0.15, -0.1) is 0 Å². The summed E-state index contributed by atoms with van der Waals surface area (Å²) in [7, 11) is 5.39. The predicted octanol–water partition coefficient (Wildman–Crippen LogP) is 11.7. The van der Waals surface area contributed by atoms with E-state index >= 15 is 0 Å². The normalized spacial score (nSPS) is 13.8. The summed E-state index contributed by atoms with van der Waals surface area (Å²) in [5.41, 5.74) is 0. The number of quaternary nitrogens is 1. The third-order valence-corrected chi connectivity index (χ3v) is 9.78. The van der Waals surface area contributed by atoms with Gasteiger partial charge in [0.2, 0.25) is 0 Å². The van der Waals surface area contributed by atoms with Gasteiger partial charge in [-0.1, -0.05) is 162 Å². The molecule has 0 aromatic carbocycles. The zero-order chi connectivity index (χ0) is 44.2. The Bertz CT molecular complexity index is 1300. The Morgan fingerprint density at radius 3 is 1.48 bits per heavy atom. The second-order valence-corrected chi connectivity index (χ2v) is 16.3. The molecular formula is C52H85NO7. The standard InChI is InChI=1S/C52H85NO7/c1-6-8-10-12-14-16-18-20-21-22-23-24-25-26-27-28-29-31-33-35-37-39-41-43-51(55)60-48(46-58-45-44-49(52(56)57)53(3,4)5)47-59-50(54)42-40-38-36-34-32-30-19-17-15-13-11-9-7-2/h8-11,13-17,19-21,23-24,26-27,48-49H,6-7,12,18,22,25,28-47H2,1-5H3/b10-8+,11-9+,15-13+,16-14+,19-17+,21-20+,24-23+,27-26+. The fraction of sp³-hybridized carbons (Fsp3) is 0.635. The van der Waals surface area contributed by atoms with Gasteiger partial charge in [0.15, 0.2) is 6.10 Å². The molecular weight excluding hydrogens is 751 g/mol. The number of aliphatic carboxylic acids is 1. The SMILES string of the molecule is CC/C=C/C=C/C=C/CCCCCCCC(=O)OCC(COCCC(C(=O)[O-])[N+](C)(C)C)OC(=O)CCCCCCCCC/C=C/C/C=C/C/C=C/C/C=C/C/C=C/CC. The minimum absolute atomic E-state index is 0.0230. The second-order valence-electron chi connectivity index (χ2n) is 16.3. The lowest BCUT2D eigenvalue weighted by Gasteiger charge is -2.34. The van der Waals surface area contributed by atoms with E-state index in [1.807, 2.05) is 12.2 Å². The molecule has 0 radical (unpaired) electrons. The Labute approximate surface area is 366 Å². The Morgan fingerprint density at radius 1 is 0.517 bits per heavy atom. The maximum atomic E-state index is 12.8. The molecule has 0 aliphatic carbocycles. The molecule has 0 saturated carbocycles. The summed E-state index contributed by atoms with van der Waals surface area (Å²) in [5.74, 6) is -1.79. The molecule has 0 bridgehead atoms. The van der Waals surface area contributed by atoms with Crippen molar-refractivity contribution in [2.24, 2.45) is 0 Å². The highest BCUT2D eigenvalue weighted by Crippen LogP contribution is 2.13. The third kappa shape index (κ3) is 39.7. The average Bonchev–Trinajstić information content (AvgIpc) is 3.21. The van der Waals surface area contributed by atoms with Crippen LogP contribution in [0.2, 0.25) is 0 Å². The largest absolute Gasteiger partial charge is 0.544 e. The van der Waals surface area contributed by atoms with E-state index in [2.05, 4.69) is 98.9 Å². The summed E-state index contributed by atoms with van der Waals surface area (Å²) in [4.78, 5) is 36.9. The Balaban J connectivity index is 4.34. The van der Waals surface area contributed by atoms with Crippen LogP contribution in [0.25, 0.3) is 0 Å². The number of allylic oxidation sites excluding steroid dienone is 16. The molecule has 0 N–H and O–H groups in total. The number of rotatable bonds is 40. The molecule has 0 aliphatic rings. The molecule has 60 heavy (non-hydrogen) atoms. The van der Waals surface area contributed by atoms with Gasteiger partial charge in [0, 0.05) is 19.3 Å². The minimum Gasteiger partial charge on any atom is -0.544 e. The monoisotopic (exact) mass is 836 g/mol. The van der Waals surface area contributed by atoms with Crippen molar-refractivity contribution in [2.75, 3.05) is 41.0 Å². The summed E-state index contributed by atoms with van der Waals surface area (Å²) in [6.07, 6.45) is 55.8. The number of carboxylic acids is 1. The lowest BCUT2D eigenvalue weighted by molar-refractivity contribution is -0.889. The molecule has 2 unspecified atom stereocenters. The molecule has 0 aliphatic heterocycles. The van der Waals surface area contributed by atoms with Crippen LogP contribution in [0.1, 0.15) is 162 Å². The van der Waals surface area contributed by atoms with E-state index in [1.165, 1.54) is 19.3 Å². The van der Waals surface area contributed by atoms with Gasteiger partial charge in [0.1, 0.15) is 12.6 Å². The van der Waals surface area contributed by atoms with Crippen LogP contribution in [0.15, 0.2) is 97.2 Å². The lowest BCUT2D eigenvalue weighted by Crippen LogP contribution is -2.55. The lowest BCUT2D eigenvalue weighted by atomic mass is 10.1. The van der Waals surface area contributed by atoms with Crippen LogP contribution in [0.5, 0.6) is 0 Å². The van der Waals surface area contributed by atoms with Gasteiger partial charge in [-0.2, -0.15) is 0 Å². The Kier molecular flexibility index (Phi) is 39.3. The number of carbonyl (C=O) groups is 3. The van der Waals surface area contributed by atoms with E-state index in [1.54, 1.807) is 21.1 Å². The van der Waals surface area contributed by atoms with Crippen molar-refractivity contribution in [3.8, 4) is 0 Å². The smallest absolute Gasteiger partial charge is 0.306 e. The highest BCUT2D eigenvalue weighted by atomic mass is 16.6. The Hall–Kier alpha value is -3.75. The molecule has 0 fully saturated rings. The van der Waals surface area contributed by atoms with E-state index in [4.69, 9.17) is 14.2 Å². The van der Waals surface area contributed by atoms with E-state index in [0.717, 1.165) is 109 Å². The highest BCUT2D eigenvalue weighted by molar-refractivity contribution is 5.70. The van der Waals surface area contributed by atoms with Gasteiger partial charge in [-0.25, -0.2) is 0 Å². The maximum Gasteiger partial charge on any atom is 0.306 e. The molecule has 2 atom stereocenters. The van der Waals surface area contributed by atoms with Gasteiger partial charge >= 0.3 is 11.9 Å². The number of carboxylic acid groups (broad SMARTS) is 1. The predicted molar refractivity (Wildman–Crippen MR) is 249 cm³/mol. The molecule has 8 heteroatoms. The number of ether oxygens (including phenoxy) is 3. The number of hydrogen-bond donors (Lipinski definition) is 0. The van der Waals surface area contributed by atoms with Crippen molar-refractivity contribution in [1.82, 2.24) is 0 Å². The average molecular weight is 836 g/mol. The minimum atomic E-state index is -1.13. The zero-order valence-corrected chi connectivity index (χ0v) is 38.6. The highest BCUT2D eigenvalue weighted by Gasteiger charge is 2.25. The van der Waals surface area contributed by atoms with Gasteiger partial charge in [0.05, 0.1) is 40.3 Å². The maximum absolute atomic E-state index is 12.8. The third-order valence-electron chi connectivity index (χ3n) is 9.78. The van der Waals surface area contributed by atoms with Crippen molar-refractivity contribution in [3.05, 3.63) is 97.2 Å². The molecule has 0 aromatic rings. The summed E-state index contributed by atoms with van der Waals surface area (Å²) in [6.45, 7) is 4.36. The van der Waals surface area contributed by atoms with Crippen molar-refractivity contribution in [1.29, 1.82) is 0 Å². The van der Waals surface area contributed by atoms with Gasteiger partial charge < -0.3 is 28.6 Å². The number of esters is 2. The fourth-order valence-electron chi connectivity index (χ4n) is 6.21. The first-order valence-corrected chi connectivity index (χ1v) is 23.3. The van der Waals surface area contributed by atoms with Crippen LogP contribution in [-0.4, -0.2) is 75.5 Å². The van der Waals surface area contributed by atoms with Crippen LogP contribution in [0.4, 0.5) is 0 Å². The first-order chi connectivity index (χ1) is 29.1. The van der Waals surface area contributed by atoms with Crippen LogP contribution in [0.3, 0.4) is 0 Å². The quantitative estimate of drug-likeness (QED) is 0.0199. The molecule has 0 saturated heterocycles. The van der Waals surface area contributed by atoms with E-state index < -0.39 is 18.1 Å². The zero-order valence-electron chi connectivity index (χ0n) is 38.6. The summed E-state index contributed by atoms with van der Waals surface area (Å²) < 4.78 is 17.1. The summed E-state index contributed by atoms with van der Waals surface area (Å²) in [6, 6.07) is -0.737. The van der Waals surface area contributed by atoms with E-state index in [-0.39, 0.29) is 42.7 Å². The second kappa shape index (κ2) is 42.0. The number of carbonyl (C=O) groups excluding carboxylic acids is 3. The fourth-order valence-corrected chi connectivity index (χ4v) is 6.21. The van der Waals surface area contributed by atoms with Crippen LogP contribution < -0.4 is 5.11 Å². The topological polar surface area (TPSA) is 102 Å². The van der Waals surface area contributed by atoms with Gasteiger partial charge in [0.25, 0.3) is 0 Å². The van der Waals surface area contributed by atoms with E-state index in [9.17, 15) is 19.5 Å². The molecule has 8 nitrogen and oxygen atoms in total. The van der Waals surface area contributed by atoms with Crippen molar-refractivity contribution in [2.45, 2.75) is 174 Å². The van der Waals surface area contributed by atoms with Crippen LogP contribution in [-0.2, 0) is 28.6 Å². The summed E-state index contributed by atoms with van der Waals surface area (Å²) >= 11 is 0. The molecule has 340 valence electrons. The van der Waals surface area contributed by atoms with Crippen molar-refractivity contribution >= 4 is 17.9 Å². The first kappa shape index (κ1) is 56.2. The first-order valence-electron chi connectivity index (χ1n) is 23.3. The van der Waals surface area contributed by atoms with E-state index in [0.29, 0.717) is 12.8 Å². The van der Waals surface area contributed by atoms with Crippen LogP contribution in [0, 0.1) is 0 Å². The molecule has 0 spiro atoms. The Morgan fingerprint density at radius 2 is 0.967 bits per heavy atom. The number of likely N-dealkylation sites (N-methyl/N-ethyl adjacent to an activating group) is 1. The van der Waals surface area contributed by atoms with Gasteiger partial charge in [-0.3, -0.25) is 9.59 Å². The number of hydrogen-bond acceptors (Lipinski definition) is 7. The number of nitrogens with zero attached hydrogens (tertiary/aromatic N) is 1. The van der Waals surface area contributed by atoms with Gasteiger partial charge in [-0.05, 0) is 77.0 Å². The van der Waals surface area contributed by atoms with Crippen molar-refractivity contribution < 1.29 is 38.2 Å².